The summed E-state index contributed by atoms with van der Waals surface area (Å²) in [5.41, 5.74) is 0.0777. The molecule has 5 fully saturated rings. The van der Waals surface area contributed by atoms with E-state index in [-0.39, 0.29) is 48.3 Å². The van der Waals surface area contributed by atoms with Crippen LogP contribution < -0.4 is 10.1 Å². The fourth-order valence-corrected chi connectivity index (χ4v) is 6.87. The Morgan fingerprint density at radius 3 is 2.31 bits per heavy atom. The van der Waals surface area contributed by atoms with Gasteiger partial charge < -0.3 is 19.5 Å². The van der Waals surface area contributed by atoms with E-state index < -0.39 is 23.5 Å². The van der Waals surface area contributed by atoms with E-state index in [1.807, 2.05) is 24.3 Å². The molecule has 4 saturated heterocycles. The Balaban J connectivity index is 1.23. The quantitative estimate of drug-likeness (QED) is 0.296. The Morgan fingerprint density at radius 1 is 1.07 bits per heavy atom. The summed E-state index contributed by atoms with van der Waals surface area (Å²) in [6, 6.07) is 6.61. The molecule has 1 saturated carbocycles. The molecule has 4 aliphatic heterocycles. The number of morpholine rings is 1. The van der Waals surface area contributed by atoms with E-state index >= 15 is 0 Å². The molecule has 4 heterocycles. The molecule has 1 N–H and O–H groups in total. The Morgan fingerprint density at radius 2 is 1.71 bits per heavy atom. The monoisotopic (exact) mass is 582 g/mol. The number of carbonyl (C=O) groups excluding carboxylic acids is 4. The minimum absolute atomic E-state index is 0.00279. The van der Waals surface area contributed by atoms with Gasteiger partial charge in [0.1, 0.15) is 17.1 Å². The Bertz CT molecular complexity index is 1130. The normalized spacial score (nSPS) is 27.4. The smallest absolute Gasteiger partial charge is 0.223 e. The van der Waals surface area contributed by atoms with Crippen molar-refractivity contribution in [1.29, 1.82) is 0 Å². The molecular weight excluding hydrogens is 536 g/mol. The van der Waals surface area contributed by atoms with Gasteiger partial charge in [-0.2, -0.15) is 0 Å². The molecule has 42 heavy (non-hydrogen) atoms. The van der Waals surface area contributed by atoms with Crippen LogP contribution in [-0.2, 0) is 35.1 Å². The lowest BCUT2D eigenvalue weighted by Crippen LogP contribution is -2.58. The SMILES string of the molecule is COc1ccc(CC(NC(=O)C(C)CC(=O)CN2CC3CC(C2)O3)C(=O)CC(CC2CCCC2)C(=O)C2(C)CO2)cc1. The number of nitrogens with one attached hydrogen (secondary N) is 1. The topological polar surface area (TPSA) is 115 Å². The molecule has 230 valence electrons. The van der Waals surface area contributed by atoms with Crippen molar-refractivity contribution in [3.8, 4) is 5.75 Å². The average molecular weight is 583 g/mol. The molecule has 2 bridgehead atoms. The van der Waals surface area contributed by atoms with Crippen molar-refractivity contribution < 1.29 is 33.4 Å². The van der Waals surface area contributed by atoms with Crippen molar-refractivity contribution in [3.63, 3.8) is 0 Å². The number of hydrogen-bond donors (Lipinski definition) is 1. The Labute approximate surface area is 249 Å². The molecule has 1 aliphatic carbocycles. The van der Waals surface area contributed by atoms with Gasteiger partial charge in [-0.05, 0) is 43.4 Å². The third kappa shape index (κ3) is 7.85. The highest BCUT2D eigenvalue weighted by Crippen LogP contribution is 2.37. The van der Waals surface area contributed by atoms with Gasteiger partial charge in [-0.25, -0.2) is 0 Å². The fraction of sp³-hybridized carbons (Fsp3) is 0.697. The van der Waals surface area contributed by atoms with Crippen LogP contribution >= 0.6 is 0 Å². The number of piperidine rings is 1. The Hall–Kier alpha value is -2.62. The van der Waals surface area contributed by atoms with Crippen molar-refractivity contribution in [2.24, 2.45) is 17.8 Å². The molecule has 0 radical (unpaired) electrons. The summed E-state index contributed by atoms with van der Waals surface area (Å²) in [6.45, 7) is 5.75. The summed E-state index contributed by atoms with van der Waals surface area (Å²) in [4.78, 5) is 55.5. The number of carbonyl (C=O) groups is 4. The first-order valence-corrected chi connectivity index (χ1v) is 15.7. The molecule has 1 aromatic carbocycles. The number of methoxy groups -OCH3 is 1. The number of ether oxygens (including phenoxy) is 3. The van der Waals surface area contributed by atoms with Crippen molar-refractivity contribution in [3.05, 3.63) is 29.8 Å². The van der Waals surface area contributed by atoms with Gasteiger partial charge >= 0.3 is 0 Å². The van der Waals surface area contributed by atoms with E-state index in [9.17, 15) is 19.2 Å². The van der Waals surface area contributed by atoms with E-state index in [0.29, 0.717) is 37.7 Å². The molecule has 0 spiro atoms. The highest BCUT2D eigenvalue weighted by Gasteiger charge is 2.50. The van der Waals surface area contributed by atoms with Crippen LogP contribution in [0.5, 0.6) is 5.75 Å². The zero-order chi connectivity index (χ0) is 29.9. The first-order chi connectivity index (χ1) is 20.1. The Kier molecular flexibility index (Phi) is 9.80. The molecule has 1 amide bonds. The van der Waals surface area contributed by atoms with Crippen LogP contribution in [0.4, 0.5) is 0 Å². The number of Topliss-reactive ketones (excluding diaryl/α,β-unsaturated/α-hetero) is 3. The molecular formula is C33H46N2O7. The summed E-state index contributed by atoms with van der Waals surface area (Å²) in [7, 11) is 1.59. The summed E-state index contributed by atoms with van der Waals surface area (Å²) in [6.07, 6.45) is 7.15. The standard InChI is InChI=1S/C33H46N2O7/c1-21(12-25(36)17-35-18-27-16-28(19-35)42-27)32(39)34-29(14-23-8-10-26(40-3)11-9-23)30(37)15-24(13-22-6-4-5-7-22)31(38)33(2)20-41-33/h8-11,21-22,24,27-29H,4-7,12-20H2,1-3H3,(H,34,39). The van der Waals surface area contributed by atoms with Crippen molar-refractivity contribution in [2.75, 3.05) is 33.4 Å². The highest BCUT2D eigenvalue weighted by molar-refractivity contribution is 5.97. The van der Waals surface area contributed by atoms with Crippen LogP contribution in [-0.4, -0.2) is 85.4 Å². The van der Waals surface area contributed by atoms with Crippen LogP contribution in [0.15, 0.2) is 24.3 Å². The molecule has 6 unspecified atom stereocenters. The van der Waals surface area contributed by atoms with Crippen molar-refractivity contribution in [2.45, 2.75) is 95.5 Å². The number of nitrogens with zero attached hydrogens (tertiary/aromatic N) is 1. The van der Waals surface area contributed by atoms with E-state index in [1.165, 1.54) is 0 Å². The van der Waals surface area contributed by atoms with Gasteiger partial charge in [-0.15, -0.1) is 0 Å². The van der Waals surface area contributed by atoms with Gasteiger partial charge in [-0.1, -0.05) is 44.7 Å². The molecule has 0 aromatic heterocycles. The average Bonchev–Trinajstić information content (AvgIpc) is 3.50. The van der Waals surface area contributed by atoms with Crippen LogP contribution in [0.3, 0.4) is 0 Å². The minimum atomic E-state index is -0.804. The van der Waals surface area contributed by atoms with Gasteiger partial charge in [0.25, 0.3) is 0 Å². The maximum atomic E-state index is 13.9. The largest absolute Gasteiger partial charge is 0.497 e. The van der Waals surface area contributed by atoms with E-state index in [1.54, 1.807) is 21.0 Å². The second-order valence-electron chi connectivity index (χ2n) is 13.2. The lowest BCUT2D eigenvalue weighted by atomic mass is 9.81. The van der Waals surface area contributed by atoms with Gasteiger partial charge in [0.2, 0.25) is 5.91 Å². The van der Waals surface area contributed by atoms with Crippen LogP contribution in [0.25, 0.3) is 0 Å². The lowest BCUT2D eigenvalue weighted by Gasteiger charge is -2.46. The van der Waals surface area contributed by atoms with E-state index in [4.69, 9.17) is 14.2 Å². The summed E-state index contributed by atoms with van der Waals surface area (Å²) in [5, 5.41) is 2.96. The van der Waals surface area contributed by atoms with Crippen molar-refractivity contribution >= 4 is 23.3 Å². The van der Waals surface area contributed by atoms with Gasteiger partial charge in [0, 0.05) is 44.2 Å². The minimum Gasteiger partial charge on any atom is -0.497 e. The molecule has 6 atom stereocenters. The number of benzene rings is 1. The second kappa shape index (κ2) is 13.3. The number of amides is 1. The summed E-state index contributed by atoms with van der Waals surface area (Å²) >= 11 is 0. The van der Waals surface area contributed by atoms with Crippen molar-refractivity contribution in [1.82, 2.24) is 10.2 Å². The highest BCUT2D eigenvalue weighted by atomic mass is 16.6. The van der Waals surface area contributed by atoms with Gasteiger partial charge in [0.15, 0.2) is 11.6 Å². The lowest BCUT2D eigenvalue weighted by molar-refractivity contribution is -0.181. The number of hydrogen-bond acceptors (Lipinski definition) is 8. The number of epoxide rings is 1. The number of rotatable bonds is 16. The number of ketones is 3. The predicted molar refractivity (Wildman–Crippen MR) is 156 cm³/mol. The summed E-state index contributed by atoms with van der Waals surface area (Å²) in [5.74, 6) is -0.339. The maximum absolute atomic E-state index is 13.9. The second-order valence-corrected chi connectivity index (χ2v) is 13.2. The van der Waals surface area contributed by atoms with E-state index in [0.717, 1.165) is 50.8 Å². The third-order valence-electron chi connectivity index (χ3n) is 9.53. The zero-order valence-electron chi connectivity index (χ0n) is 25.3. The third-order valence-corrected chi connectivity index (χ3v) is 9.53. The van der Waals surface area contributed by atoms with Crippen LogP contribution in [0, 0.1) is 17.8 Å². The van der Waals surface area contributed by atoms with Gasteiger partial charge in [0.05, 0.1) is 38.5 Å². The molecule has 6 rings (SSSR count). The molecule has 1 aromatic rings. The molecule has 9 nitrogen and oxygen atoms in total. The fourth-order valence-electron chi connectivity index (χ4n) is 6.87. The predicted octanol–water partition coefficient (Wildman–Crippen LogP) is 3.30. The van der Waals surface area contributed by atoms with Crippen LogP contribution in [0.2, 0.25) is 0 Å². The van der Waals surface area contributed by atoms with E-state index in [2.05, 4.69) is 10.2 Å². The number of fused-ring (bicyclic) bond motifs is 2. The first kappa shape index (κ1) is 30.8. The van der Waals surface area contributed by atoms with Gasteiger partial charge in [-0.3, -0.25) is 24.1 Å². The van der Waals surface area contributed by atoms with Crippen LogP contribution in [0.1, 0.15) is 70.8 Å². The summed E-state index contributed by atoms with van der Waals surface area (Å²) < 4.78 is 16.4. The molecule has 5 aliphatic rings. The zero-order valence-corrected chi connectivity index (χ0v) is 25.3. The maximum Gasteiger partial charge on any atom is 0.223 e. The first-order valence-electron chi connectivity index (χ1n) is 15.7. The molecule has 9 heteroatoms.